The van der Waals surface area contributed by atoms with Crippen LogP contribution in [0.5, 0.6) is 0 Å². The van der Waals surface area contributed by atoms with Crippen molar-refractivity contribution in [3.63, 3.8) is 0 Å². The lowest BCUT2D eigenvalue weighted by molar-refractivity contribution is 0.528. The van der Waals surface area contributed by atoms with Crippen LogP contribution in [-0.2, 0) is 19.4 Å². The molecule has 0 unspecified atom stereocenters. The molecule has 1 aromatic heterocycles. The molecule has 0 bridgehead atoms. The van der Waals surface area contributed by atoms with Gasteiger partial charge in [0.1, 0.15) is 0 Å². The van der Waals surface area contributed by atoms with Crippen LogP contribution in [0.25, 0.3) is 0 Å². The largest absolute Gasteiger partial charge is 0.315 e. The standard InChI is InChI=1S/C13H14N2OS/c16-13-15-12(8-17-13)7-14-11-5-9-3-1-2-4-10(9)6-11/h1-4,8,11,14H,5-7H2,(H,15,16). The van der Waals surface area contributed by atoms with Crippen LogP contribution in [0.3, 0.4) is 0 Å². The molecule has 2 N–H and O–H groups in total. The number of thiazole rings is 1. The van der Waals surface area contributed by atoms with E-state index in [9.17, 15) is 4.79 Å². The Hall–Kier alpha value is -1.39. The first-order valence-corrected chi connectivity index (χ1v) is 6.66. The van der Waals surface area contributed by atoms with Gasteiger partial charge in [-0.3, -0.25) is 4.79 Å². The van der Waals surface area contributed by atoms with Crippen LogP contribution in [0, 0.1) is 0 Å². The zero-order chi connectivity index (χ0) is 11.7. The van der Waals surface area contributed by atoms with Crippen LogP contribution >= 0.6 is 11.3 Å². The first kappa shape index (κ1) is 10.7. The molecule has 3 rings (SSSR count). The predicted octanol–water partition coefficient (Wildman–Crippen LogP) is 1.69. The van der Waals surface area contributed by atoms with Crippen LogP contribution in [0.15, 0.2) is 34.4 Å². The van der Waals surface area contributed by atoms with Gasteiger partial charge in [0.05, 0.1) is 0 Å². The van der Waals surface area contributed by atoms with Gasteiger partial charge < -0.3 is 10.3 Å². The van der Waals surface area contributed by atoms with E-state index in [1.54, 1.807) is 0 Å². The average Bonchev–Trinajstić information content (AvgIpc) is 2.91. The van der Waals surface area contributed by atoms with Crippen molar-refractivity contribution < 1.29 is 0 Å². The molecular formula is C13H14N2OS. The number of nitrogens with one attached hydrogen (secondary N) is 2. The lowest BCUT2D eigenvalue weighted by Gasteiger charge is -2.10. The number of benzene rings is 1. The highest BCUT2D eigenvalue weighted by Crippen LogP contribution is 2.21. The molecular weight excluding hydrogens is 232 g/mol. The Balaban J connectivity index is 1.61. The first-order chi connectivity index (χ1) is 8.31. The second-order valence-corrected chi connectivity index (χ2v) is 5.27. The van der Waals surface area contributed by atoms with Crippen molar-refractivity contribution in [3.05, 3.63) is 56.1 Å². The summed E-state index contributed by atoms with van der Waals surface area (Å²) in [6.07, 6.45) is 2.18. The van der Waals surface area contributed by atoms with Crippen LogP contribution in [0.4, 0.5) is 0 Å². The SMILES string of the molecule is O=c1[nH]c(CNC2Cc3ccccc3C2)cs1. The van der Waals surface area contributed by atoms with Gasteiger partial charge in [-0.1, -0.05) is 35.6 Å². The Labute approximate surface area is 104 Å². The highest BCUT2D eigenvalue weighted by atomic mass is 32.1. The van der Waals surface area contributed by atoms with E-state index >= 15 is 0 Å². The number of hydrogen-bond acceptors (Lipinski definition) is 3. The molecule has 0 amide bonds. The molecule has 0 fully saturated rings. The molecule has 1 aliphatic rings. The quantitative estimate of drug-likeness (QED) is 0.865. The van der Waals surface area contributed by atoms with Crippen molar-refractivity contribution in [1.29, 1.82) is 0 Å². The molecule has 1 heterocycles. The maximum absolute atomic E-state index is 11.0. The number of aromatic nitrogens is 1. The van der Waals surface area contributed by atoms with Gasteiger partial charge in [0.15, 0.2) is 0 Å². The van der Waals surface area contributed by atoms with Crippen molar-refractivity contribution in [1.82, 2.24) is 10.3 Å². The lowest BCUT2D eigenvalue weighted by Crippen LogP contribution is -2.29. The maximum Gasteiger partial charge on any atom is 0.304 e. The normalized spacial score (nSPS) is 15.1. The number of aromatic amines is 1. The Morgan fingerprint density at radius 1 is 1.29 bits per heavy atom. The summed E-state index contributed by atoms with van der Waals surface area (Å²) in [5, 5.41) is 5.38. The minimum absolute atomic E-state index is 0.0245. The summed E-state index contributed by atoms with van der Waals surface area (Å²) in [6, 6.07) is 9.08. The van der Waals surface area contributed by atoms with Crippen molar-refractivity contribution in [2.24, 2.45) is 0 Å². The van der Waals surface area contributed by atoms with Gasteiger partial charge in [0.2, 0.25) is 0 Å². The summed E-state index contributed by atoms with van der Waals surface area (Å²) in [5.74, 6) is 0. The molecule has 0 saturated heterocycles. The maximum atomic E-state index is 11.0. The Kier molecular flexibility index (Phi) is 2.82. The number of hydrogen-bond donors (Lipinski definition) is 2. The fourth-order valence-corrected chi connectivity index (χ4v) is 2.94. The van der Waals surface area contributed by atoms with Crippen molar-refractivity contribution in [2.75, 3.05) is 0 Å². The third-order valence-electron chi connectivity index (χ3n) is 3.20. The monoisotopic (exact) mass is 246 g/mol. The van der Waals surface area contributed by atoms with Crippen molar-refractivity contribution in [3.8, 4) is 0 Å². The zero-order valence-corrected chi connectivity index (χ0v) is 10.2. The Bertz CT molecular complexity index is 548. The van der Waals surface area contributed by atoms with Crippen molar-refractivity contribution in [2.45, 2.75) is 25.4 Å². The lowest BCUT2D eigenvalue weighted by atomic mass is 10.1. The fraction of sp³-hybridized carbons (Fsp3) is 0.308. The number of rotatable bonds is 3. The third kappa shape index (κ3) is 2.33. The van der Waals surface area contributed by atoms with Gasteiger partial charge in [0, 0.05) is 23.7 Å². The Morgan fingerprint density at radius 3 is 2.59 bits per heavy atom. The van der Waals surface area contributed by atoms with E-state index in [-0.39, 0.29) is 4.87 Å². The molecule has 1 aliphatic carbocycles. The van der Waals surface area contributed by atoms with Gasteiger partial charge in [0.25, 0.3) is 0 Å². The van der Waals surface area contributed by atoms with Crippen LogP contribution in [0.1, 0.15) is 16.8 Å². The molecule has 88 valence electrons. The minimum atomic E-state index is 0.0245. The predicted molar refractivity (Wildman–Crippen MR) is 69.4 cm³/mol. The summed E-state index contributed by atoms with van der Waals surface area (Å²) in [4.78, 5) is 13.8. The summed E-state index contributed by atoms with van der Waals surface area (Å²) in [7, 11) is 0. The zero-order valence-electron chi connectivity index (χ0n) is 9.40. The summed E-state index contributed by atoms with van der Waals surface area (Å²) < 4.78 is 0. The molecule has 0 aliphatic heterocycles. The summed E-state index contributed by atoms with van der Waals surface area (Å²) >= 11 is 1.22. The number of fused-ring (bicyclic) bond motifs is 1. The van der Waals surface area contributed by atoms with Crippen LogP contribution in [-0.4, -0.2) is 11.0 Å². The highest BCUT2D eigenvalue weighted by Gasteiger charge is 2.20. The molecule has 0 atom stereocenters. The number of H-pyrrole nitrogens is 1. The van der Waals surface area contributed by atoms with Crippen molar-refractivity contribution >= 4 is 11.3 Å². The van der Waals surface area contributed by atoms with Gasteiger partial charge in [-0.25, -0.2) is 0 Å². The van der Waals surface area contributed by atoms with E-state index in [0.717, 1.165) is 25.1 Å². The molecule has 2 aromatic rings. The summed E-state index contributed by atoms with van der Waals surface area (Å²) in [5.41, 5.74) is 3.88. The van der Waals surface area contributed by atoms with E-state index in [1.807, 2.05) is 5.38 Å². The van der Waals surface area contributed by atoms with Gasteiger partial charge in [-0.2, -0.15) is 0 Å². The van der Waals surface area contributed by atoms with E-state index in [4.69, 9.17) is 0 Å². The third-order valence-corrected chi connectivity index (χ3v) is 3.92. The van der Waals surface area contributed by atoms with E-state index in [1.165, 1.54) is 22.5 Å². The Morgan fingerprint density at radius 2 is 2.00 bits per heavy atom. The van der Waals surface area contributed by atoms with Gasteiger partial charge >= 0.3 is 4.87 Å². The van der Waals surface area contributed by atoms with Gasteiger partial charge in [-0.15, -0.1) is 0 Å². The fourth-order valence-electron chi connectivity index (χ4n) is 2.36. The molecule has 1 aromatic carbocycles. The second kappa shape index (κ2) is 4.47. The molecule has 4 heteroatoms. The molecule has 0 spiro atoms. The van der Waals surface area contributed by atoms with Crippen LogP contribution < -0.4 is 10.2 Å². The second-order valence-electron chi connectivity index (χ2n) is 4.43. The van der Waals surface area contributed by atoms with Gasteiger partial charge in [-0.05, 0) is 24.0 Å². The molecule has 17 heavy (non-hydrogen) atoms. The average molecular weight is 246 g/mol. The highest BCUT2D eigenvalue weighted by molar-refractivity contribution is 7.07. The minimum Gasteiger partial charge on any atom is -0.315 e. The van der Waals surface area contributed by atoms with E-state index < -0.39 is 0 Å². The van der Waals surface area contributed by atoms with Crippen LogP contribution in [0.2, 0.25) is 0 Å². The van der Waals surface area contributed by atoms with E-state index in [2.05, 4.69) is 34.6 Å². The smallest absolute Gasteiger partial charge is 0.304 e. The molecule has 3 nitrogen and oxygen atoms in total. The molecule has 0 saturated carbocycles. The first-order valence-electron chi connectivity index (χ1n) is 5.78. The van der Waals surface area contributed by atoms with E-state index in [0.29, 0.717) is 6.04 Å². The summed E-state index contributed by atoms with van der Waals surface area (Å²) in [6.45, 7) is 0.747. The topological polar surface area (TPSA) is 44.9 Å². The molecule has 0 radical (unpaired) electrons.